The highest BCUT2D eigenvalue weighted by Gasteiger charge is 2.22. The van der Waals surface area contributed by atoms with E-state index in [4.69, 9.17) is 0 Å². The van der Waals surface area contributed by atoms with Gasteiger partial charge < -0.3 is 5.32 Å². The van der Waals surface area contributed by atoms with E-state index in [-0.39, 0.29) is 10.6 Å². The molecule has 0 fully saturated rings. The average molecular weight is 282 g/mol. The molecule has 0 unspecified atom stereocenters. The summed E-state index contributed by atoms with van der Waals surface area (Å²) in [5.41, 5.74) is 8.48. The van der Waals surface area contributed by atoms with Crippen LogP contribution in [0.3, 0.4) is 0 Å². The highest BCUT2D eigenvalue weighted by molar-refractivity contribution is 5.81. The maximum Gasteiger partial charge on any atom is 0.270 e. The molecule has 1 aliphatic rings. The minimum atomic E-state index is -0.337. The number of nitrogens with one attached hydrogen (secondary N) is 1. The number of hydrogen-bond donors (Lipinski definition) is 1. The fraction of sp³-hybridized carbons (Fsp3) is 0.294. The van der Waals surface area contributed by atoms with Crippen molar-refractivity contribution < 1.29 is 4.92 Å². The molecule has 2 aromatic rings. The Bertz CT molecular complexity index is 751. The van der Waals surface area contributed by atoms with Crippen LogP contribution >= 0.6 is 0 Å². The van der Waals surface area contributed by atoms with Crippen LogP contribution in [0.1, 0.15) is 22.3 Å². The molecule has 0 saturated carbocycles. The molecule has 4 nitrogen and oxygen atoms in total. The minimum absolute atomic E-state index is 0.141. The number of nitro benzene ring substituents is 1. The van der Waals surface area contributed by atoms with E-state index >= 15 is 0 Å². The Morgan fingerprint density at radius 2 is 1.90 bits per heavy atom. The number of nitrogens with zero attached hydrogens (tertiary/aromatic N) is 1. The summed E-state index contributed by atoms with van der Waals surface area (Å²) in [6, 6.07) is 6.92. The summed E-state index contributed by atoms with van der Waals surface area (Å²) >= 11 is 0. The van der Waals surface area contributed by atoms with Crippen LogP contribution in [0.4, 0.5) is 11.4 Å². The lowest BCUT2D eigenvalue weighted by atomic mass is 9.87. The van der Waals surface area contributed by atoms with E-state index in [0.717, 1.165) is 24.1 Å². The van der Waals surface area contributed by atoms with Crippen molar-refractivity contribution in [3.63, 3.8) is 0 Å². The Morgan fingerprint density at radius 3 is 2.62 bits per heavy atom. The first kappa shape index (κ1) is 13.6. The molecule has 1 heterocycles. The normalized spacial score (nSPS) is 12.9. The van der Waals surface area contributed by atoms with Crippen molar-refractivity contribution >= 4 is 11.4 Å². The summed E-state index contributed by atoms with van der Waals surface area (Å²) in [6.07, 6.45) is 1.02. The quantitative estimate of drug-likeness (QED) is 0.665. The van der Waals surface area contributed by atoms with E-state index < -0.39 is 0 Å². The van der Waals surface area contributed by atoms with Gasteiger partial charge in [-0.3, -0.25) is 10.1 Å². The molecule has 4 heteroatoms. The third-order valence-electron chi connectivity index (χ3n) is 4.46. The van der Waals surface area contributed by atoms with Crippen LogP contribution in [0.15, 0.2) is 24.3 Å². The number of nitro groups is 1. The second-order valence-corrected chi connectivity index (χ2v) is 5.59. The molecular formula is C17H18N2O2. The van der Waals surface area contributed by atoms with E-state index in [1.54, 1.807) is 12.1 Å². The second kappa shape index (κ2) is 4.88. The molecule has 21 heavy (non-hydrogen) atoms. The standard InChI is InChI=1S/C17H18N2O2/c1-10-11(2)17-15(7-8-18-17)12(3)16(10)13-5-4-6-14(9-13)19(20)21/h4-6,9,18H,7-8H2,1-3H3. The lowest BCUT2D eigenvalue weighted by Gasteiger charge is -2.18. The Balaban J connectivity index is 2.26. The van der Waals surface area contributed by atoms with Crippen molar-refractivity contribution in [2.45, 2.75) is 27.2 Å². The van der Waals surface area contributed by atoms with Crippen molar-refractivity contribution in [1.29, 1.82) is 0 Å². The molecule has 0 aliphatic carbocycles. The topological polar surface area (TPSA) is 55.2 Å². The van der Waals surface area contributed by atoms with Crippen LogP contribution in [0, 0.1) is 30.9 Å². The summed E-state index contributed by atoms with van der Waals surface area (Å²) < 4.78 is 0. The van der Waals surface area contributed by atoms with E-state index in [2.05, 4.69) is 26.1 Å². The van der Waals surface area contributed by atoms with E-state index in [9.17, 15) is 10.1 Å². The van der Waals surface area contributed by atoms with Gasteiger partial charge in [0.2, 0.25) is 0 Å². The van der Waals surface area contributed by atoms with Crippen LogP contribution in [0.5, 0.6) is 0 Å². The molecule has 1 N–H and O–H groups in total. The predicted octanol–water partition coefficient (Wildman–Crippen LogP) is 4.16. The molecule has 0 amide bonds. The van der Waals surface area contributed by atoms with Gasteiger partial charge in [0, 0.05) is 24.4 Å². The zero-order chi connectivity index (χ0) is 15.1. The van der Waals surface area contributed by atoms with Gasteiger partial charge in [-0.2, -0.15) is 0 Å². The van der Waals surface area contributed by atoms with Gasteiger partial charge in [-0.15, -0.1) is 0 Å². The monoisotopic (exact) mass is 282 g/mol. The van der Waals surface area contributed by atoms with Crippen molar-refractivity contribution in [2.75, 3.05) is 11.9 Å². The summed E-state index contributed by atoms with van der Waals surface area (Å²) in [4.78, 5) is 10.7. The smallest absolute Gasteiger partial charge is 0.270 e. The Morgan fingerprint density at radius 1 is 1.14 bits per heavy atom. The zero-order valence-electron chi connectivity index (χ0n) is 12.5. The van der Waals surface area contributed by atoms with Crippen molar-refractivity contribution in [3.8, 4) is 11.1 Å². The Hall–Kier alpha value is -2.36. The molecule has 2 aromatic carbocycles. The van der Waals surface area contributed by atoms with Gasteiger partial charge in [-0.05, 0) is 60.6 Å². The fourth-order valence-electron chi connectivity index (χ4n) is 3.29. The first-order valence-corrected chi connectivity index (χ1v) is 7.12. The first-order valence-electron chi connectivity index (χ1n) is 7.12. The fourth-order valence-corrected chi connectivity index (χ4v) is 3.29. The summed E-state index contributed by atoms with van der Waals surface area (Å²) in [5, 5.41) is 14.5. The number of anilines is 1. The lowest BCUT2D eigenvalue weighted by Crippen LogP contribution is -1.99. The van der Waals surface area contributed by atoms with Gasteiger partial charge in [0.1, 0.15) is 0 Å². The molecule has 108 valence electrons. The first-order chi connectivity index (χ1) is 10.0. The third kappa shape index (κ3) is 2.07. The highest BCUT2D eigenvalue weighted by Crippen LogP contribution is 2.40. The maximum atomic E-state index is 11.0. The van der Waals surface area contributed by atoms with Crippen molar-refractivity contribution in [3.05, 3.63) is 56.6 Å². The predicted molar refractivity (Wildman–Crippen MR) is 84.9 cm³/mol. The third-order valence-corrected chi connectivity index (χ3v) is 4.46. The lowest BCUT2D eigenvalue weighted by molar-refractivity contribution is -0.384. The largest absolute Gasteiger partial charge is 0.384 e. The number of benzene rings is 2. The highest BCUT2D eigenvalue weighted by atomic mass is 16.6. The van der Waals surface area contributed by atoms with Crippen LogP contribution in [0.2, 0.25) is 0 Å². The molecule has 0 aromatic heterocycles. The molecule has 0 saturated heterocycles. The molecule has 1 aliphatic heterocycles. The van der Waals surface area contributed by atoms with E-state index in [0.29, 0.717) is 0 Å². The number of fused-ring (bicyclic) bond motifs is 1. The van der Waals surface area contributed by atoms with Gasteiger partial charge in [0.15, 0.2) is 0 Å². The van der Waals surface area contributed by atoms with Gasteiger partial charge in [-0.1, -0.05) is 12.1 Å². The Kier molecular flexibility index (Phi) is 3.16. The molecule has 0 bridgehead atoms. The van der Waals surface area contributed by atoms with Gasteiger partial charge in [0.25, 0.3) is 5.69 Å². The minimum Gasteiger partial charge on any atom is -0.384 e. The van der Waals surface area contributed by atoms with E-state index in [1.807, 2.05) is 6.07 Å². The van der Waals surface area contributed by atoms with Crippen LogP contribution < -0.4 is 5.32 Å². The van der Waals surface area contributed by atoms with Crippen LogP contribution in [0.25, 0.3) is 11.1 Å². The van der Waals surface area contributed by atoms with Crippen LogP contribution in [-0.4, -0.2) is 11.5 Å². The van der Waals surface area contributed by atoms with Gasteiger partial charge in [-0.25, -0.2) is 0 Å². The number of non-ortho nitro benzene ring substituents is 1. The number of rotatable bonds is 2. The molecule has 0 radical (unpaired) electrons. The summed E-state index contributed by atoms with van der Waals surface area (Å²) in [5.74, 6) is 0. The van der Waals surface area contributed by atoms with Crippen molar-refractivity contribution in [2.24, 2.45) is 0 Å². The zero-order valence-corrected chi connectivity index (χ0v) is 12.5. The SMILES string of the molecule is Cc1c(C)c(-c2cccc([N+](=O)[O-])c2)c(C)c2c1NCC2. The van der Waals surface area contributed by atoms with Gasteiger partial charge in [0.05, 0.1) is 4.92 Å². The van der Waals surface area contributed by atoms with E-state index in [1.165, 1.54) is 34.0 Å². The maximum absolute atomic E-state index is 11.0. The van der Waals surface area contributed by atoms with Crippen molar-refractivity contribution in [1.82, 2.24) is 0 Å². The van der Waals surface area contributed by atoms with Gasteiger partial charge >= 0.3 is 0 Å². The van der Waals surface area contributed by atoms with Crippen LogP contribution in [-0.2, 0) is 6.42 Å². The summed E-state index contributed by atoms with van der Waals surface area (Å²) in [7, 11) is 0. The molecule has 0 atom stereocenters. The second-order valence-electron chi connectivity index (χ2n) is 5.59. The molecule has 0 spiro atoms. The number of hydrogen-bond acceptors (Lipinski definition) is 3. The average Bonchev–Trinajstić information content (AvgIpc) is 2.95. The molecular weight excluding hydrogens is 264 g/mol. The Labute approximate surface area is 124 Å². The molecule has 3 rings (SSSR count). The summed E-state index contributed by atoms with van der Waals surface area (Å²) in [6.45, 7) is 7.30.